The van der Waals surface area contributed by atoms with Gasteiger partial charge in [-0.05, 0) is 35.2 Å². The van der Waals surface area contributed by atoms with Gasteiger partial charge >= 0.3 is 0 Å². The number of rotatable bonds is 4. The molecule has 37 heavy (non-hydrogen) atoms. The second-order valence-electron chi connectivity index (χ2n) is 9.04. The van der Waals surface area contributed by atoms with E-state index in [0.29, 0.717) is 41.4 Å². The van der Waals surface area contributed by atoms with Gasteiger partial charge in [0.2, 0.25) is 11.8 Å². The Morgan fingerprint density at radius 3 is 2.57 bits per heavy atom. The van der Waals surface area contributed by atoms with Crippen molar-refractivity contribution in [1.82, 2.24) is 34.3 Å². The molecule has 0 bridgehead atoms. The van der Waals surface area contributed by atoms with Crippen LogP contribution >= 0.6 is 0 Å². The molecule has 1 amide bonds. The maximum atomic E-state index is 14.1. The zero-order chi connectivity index (χ0) is 24.9. The molecule has 7 rings (SSSR count). The first-order chi connectivity index (χ1) is 18.2. The molecule has 0 spiro atoms. The molecule has 1 aliphatic heterocycles. The van der Waals surface area contributed by atoms with Crippen molar-refractivity contribution in [3.63, 3.8) is 0 Å². The monoisotopic (exact) mass is 490 g/mol. The number of amides is 1. The van der Waals surface area contributed by atoms with E-state index in [1.165, 1.54) is 10.1 Å². The number of anilines is 1. The van der Waals surface area contributed by atoms with Crippen LogP contribution in [0.4, 0.5) is 5.95 Å². The number of benzene rings is 2. The fourth-order valence-corrected chi connectivity index (χ4v) is 5.01. The molecule has 1 atom stereocenters. The van der Waals surface area contributed by atoms with Crippen molar-refractivity contribution in [1.29, 1.82) is 0 Å². The van der Waals surface area contributed by atoms with E-state index in [4.69, 9.17) is 10.2 Å². The van der Waals surface area contributed by atoms with Crippen LogP contribution in [0, 0.1) is 0 Å². The zero-order valence-corrected chi connectivity index (χ0v) is 19.7. The number of nitrogen functional groups attached to an aromatic ring is 1. The van der Waals surface area contributed by atoms with Crippen LogP contribution < -0.4 is 5.73 Å². The molecule has 1 aliphatic rings. The molecule has 10 heteroatoms. The average molecular weight is 491 g/mol. The van der Waals surface area contributed by atoms with Crippen LogP contribution in [0.15, 0.2) is 83.6 Å². The van der Waals surface area contributed by atoms with Crippen molar-refractivity contribution < 1.29 is 9.21 Å². The molecule has 2 N–H and O–H groups in total. The summed E-state index contributed by atoms with van der Waals surface area (Å²) < 4.78 is 8.56. The third kappa shape index (κ3) is 3.45. The highest BCUT2D eigenvalue weighted by Gasteiger charge is 2.32. The quantitative estimate of drug-likeness (QED) is 0.402. The highest BCUT2D eigenvalue weighted by molar-refractivity contribution is 5.92. The van der Waals surface area contributed by atoms with Gasteiger partial charge in [-0.15, -0.1) is 5.10 Å². The van der Waals surface area contributed by atoms with Gasteiger partial charge in [0.25, 0.3) is 5.91 Å². The highest BCUT2D eigenvalue weighted by atomic mass is 16.3. The lowest BCUT2D eigenvalue weighted by Crippen LogP contribution is -2.41. The first kappa shape index (κ1) is 21.3. The number of hydrogen-bond donors (Lipinski definition) is 1. The smallest absolute Gasteiger partial charge is 0.252 e. The number of furan rings is 1. The fraction of sp³-hybridized carbons (Fsp3) is 0.148. The summed E-state index contributed by atoms with van der Waals surface area (Å²) in [5, 5.41) is 9.74. The van der Waals surface area contributed by atoms with E-state index < -0.39 is 6.04 Å². The first-order valence-corrected chi connectivity index (χ1v) is 12.0. The standard InChI is InChI=1S/C27H22N8O2/c28-27-31-25-20(24-30-23(32-35(24)27)21-11-6-14-37-21)15-29-34(25)22(18-8-2-1-3-9-18)26(36)33-13-12-17-7-4-5-10-19(17)16-33/h1-11,14-15,22H,12-13,16H2,(H2,28,31)/t22-/m1/s1. The fourth-order valence-electron chi connectivity index (χ4n) is 5.01. The number of hydrogen-bond acceptors (Lipinski definition) is 7. The van der Waals surface area contributed by atoms with E-state index in [1.54, 1.807) is 29.3 Å². The Morgan fingerprint density at radius 2 is 1.76 bits per heavy atom. The lowest BCUT2D eigenvalue weighted by atomic mass is 9.98. The van der Waals surface area contributed by atoms with E-state index in [2.05, 4.69) is 32.3 Å². The maximum absolute atomic E-state index is 14.1. The van der Waals surface area contributed by atoms with E-state index in [0.717, 1.165) is 17.5 Å². The third-order valence-electron chi connectivity index (χ3n) is 6.83. The Balaban J connectivity index is 1.36. The number of fused-ring (bicyclic) bond motifs is 4. The summed E-state index contributed by atoms with van der Waals surface area (Å²) in [7, 11) is 0. The van der Waals surface area contributed by atoms with Gasteiger partial charge in [0.05, 0.1) is 17.8 Å². The zero-order valence-electron chi connectivity index (χ0n) is 19.7. The lowest BCUT2D eigenvalue weighted by Gasteiger charge is -2.32. The Bertz CT molecular complexity index is 1750. The second-order valence-corrected chi connectivity index (χ2v) is 9.04. The molecule has 0 unspecified atom stereocenters. The molecular formula is C27H22N8O2. The van der Waals surface area contributed by atoms with E-state index >= 15 is 0 Å². The van der Waals surface area contributed by atoms with E-state index in [1.807, 2.05) is 47.4 Å². The van der Waals surface area contributed by atoms with Gasteiger partial charge in [0.15, 0.2) is 23.1 Å². The molecule has 0 saturated heterocycles. The second kappa shape index (κ2) is 8.30. The predicted octanol–water partition coefficient (Wildman–Crippen LogP) is 3.49. The minimum atomic E-state index is -0.717. The molecule has 182 valence electrons. The number of aromatic nitrogens is 6. The SMILES string of the molecule is Nc1nc2c(cnn2[C@@H](C(=O)N2CCc3ccccc3C2)c2ccccc2)c2nc(-c3ccco3)nn12. The molecule has 6 aromatic rings. The summed E-state index contributed by atoms with van der Waals surface area (Å²) in [4.78, 5) is 25.3. The van der Waals surface area contributed by atoms with Crippen molar-refractivity contribution in [3.8, 4) is 11.6 Å². The van der Waals surface area contributed by atoms with Crippen molar-refractivity contribution in [2.24, 2.45) is 0 Å². The number of carbonyl (C=O) groups is 1. The van der Waals surface area contributed by atoms with Crippen molar-refractivity contribution >= 4 is 28.5 Å². The summed E-state index contributed by atoms with van der Waals surface area (Å²) in [6, 6.07) is 20.7. The third-order valence-corrected chi connectivity index (χ3v) is 6.83. The van der Waals surface area contributed by atoms with Gasteiger partial charge in [-0.1, -0.05) is 54.6 Å². The van der Waals surface area contributed by atoms with E-state index in [9.17, 15) is 4.79 Å². The summed E-state index contributed by atoms with van der Waals surface area (Å²) in [6.07, 6.45) is 4.03. The molecule has 10 nitrogen and oxygen atoms in total. The minimum Gasteiger partial charge on any atom is -0.461 e. The van der Waals surface area contributed by atoms with Gasteiger partial charge < -0.3 is 15.1 Å². The summed E-state index contributed by atoms with van der Waals surface area (Å²) in [6.45, 7) is 1.18. The lowest BCUT2D eigenvalue weighted by molar-refractivity contribution is -0.134. The highest BCUT2D eigenvalue weighted by Crippen LogP contribution is 2.30. The van der Waals surface area contributed by atoms with Crippen LogP contribution in [0.3, 0.4) is 0 Å². The molecule has 0 aliphatic carbocycles. The molecule has 2 aromatic carbocycles. The van der Waals surface area contributed by atoms with Gasteiger partial charge in [0.1, 0.15) is 0 Å². The molecule has 0 saturated carbocycles. The maximum Gasteiger partial charge on any atom is 0.252 e. The van der Waals surface area contributed by atoms with Gasteiger partial charge in [-0.3, -0.25) is 4.79 Å². The number of nitrogens with zero attached hydrogens (tertiary/aromatic N) is 7. The number of nitrogens with two attached hydrogens (primary N) is 1. The molecule has 0 radical (unpaired) electrons. The largest absolute Gasteiger partial charge is 0.461 e. The molecule has 4 aromatic heterocycles. The van der Waals surface area contributed by atoms with Crippen LogP contribution in [-0.2, 0) is 17.8 Å². The predicted molar refractivity (Wildman–Crippen MR) is 136 cm³/mol. The molecule has 0 fully saturated rings. The Hall–Kier alpha value is -4.99. The summed E-state index contributed by atoms with van der Waals surface area (Å²) >= 11 is 0. The van der Waals surface area contributed by atoms with Crippen LogP contribution in [0.1, 0.15) is 22.7 Å². The summed E-state index contributed by atoms with van der Waals surface area (Å²) in [5.41, 5.74) is 10.5. The van der Waals surface area contributed by atoms with Gasteiger partial charge in [-0.2, -0.15) is 14.6 Å². The normalized spacial score (nSPS) is 14.2. The van der Waals surface area contributed by atoms with Crippen LogP contribution in [0.5, 0.6) is 0 Å². The minimum absolute atomic E-state index is 0.0521. The van der Waals surface area contributed by atoms with Crippen molar-refractivity contribution in [2.75, 3.05) is 12.3 Å². The Kier molecular flexibility index (Phi) is 4.78. The average Bonchev–Trinajstić information content (AvgIpc) is 3.70. The Morgan fingerprint density at radius 1 is 0.946 bits per heavy atom. The Labute approximate surface area is 211 Å². The molecular weight excluding hydrogens is 468 g/mol. The van der Waals surface area contributed by atoms with Gasteiger partial charge in [-0.25, -0.2) is 9.67 Å². The van der Waals surface area contributed by atoms with Crippen LogP contribution in [-0.4, -0.2) is 46.7 Å². The van der Waals surface area contributed by atoms with Crippen molar-refractivity contribution in [3.05, 3.63) is 95.9 Å². The number of carbonyl (C=O) groups excluding carboxylic acids is 1. The van der Waals surface area contributed by atoms with Gasteiger partial charge in [0, 0.05) is 13.1 Å². The van der Waals surface area contributed by atoms with Crippen LogP contribution in [0.25, 0.3) is 28.3 Å². The first-order valence-electron chi connectivity index (χ1n) is 12.0. The summed E-state index contributed by atoms with van der Waals surface area (Å²) in [5.74, 6) is 0.997. The van der Waals surface area contributed by atoms with Crippen molar-refractivity contribution in [2.45, 2.75) is 19.0 Å². The van der Waals surface area contributed by atoms with E-state index in [-0.39, 0.29) is 11.9 Å². The van der Waals surface area contributed by atoms with Crippen LogP contribution in [0.2, 0.25) is 0 Å². The topological polar surface area (TPSA) is 120 Å². The molecule has 5 heterocycles.